The Morgan fingerprint density at radius 2 is 1.30 bits per heavy atom. The number of aliphatic carboxylic acids is 1. The van der Waals surface area contributed by atoms with Crippen LogP contribution in [0.5, 0.6) is 0 Å². The van der Waals surface area contributed by atoms with Gasteiger partial charge in [0.15, 0.2) is 0 Å². The van der Waals surface area contributed by atoms with Crippen molar-refractivity contribution in [1.82, 2.24) is 20.4 Å². The number of nitrogen functional groups attached to an aromatic ring is 2. The van der Waals surface area contributed by atoms with Gasteiger partial charge in [-0.05, 0) is 30.7 Å². The molecule has 1 saturated heterocycles. The highest BCUT2D eigenvalue weighted by Crippen LogP contribution is 2.15. The molecule has 0 aliphatic carbocycles. The molecule has 0 bridgehead atoms. The highest BCUT2D eigenvalue weighted by Gasteiger charge is 2.37. The average Bonchev–Trinajstić information content (AvgIpc) is 2.93. The second kappa shape index (κ2) is 13.0. The first-order valence-corrected chi connectivity index (χ1v) is 12.2. The number of carboxylic acids is 1. The molecule has 1 aliphatic heterocycles. The van der Waals surface area contributed by atoms with Crippen LogP contribution >= 0.6 is 0 Å². The summed E-state index contributed by atoms with van der Waals surface area (Å²) in [5.41, 5.74) is 12.3. The maximum atomic E-state index is 13.1. The van der Waals surface area contributed by atoms with Crippen LogP contribution in [0.25, 0.3) is 0 Å². The zero-order chi connectivity index (χ0) is 29.4. The van der Waals surface area contributed by atoms with Crippen LogP contribution in [0.15, 0.2) is 48.5 Å². The van der Waals surface area contributed by atoms with Crippen LogP contribution in [-0.4, -0.2) is 94.9 Å². The number of carbonyl (C=O) groups is 5. The van der Waals surface area contributed by atoms with E-state index < -0.39 is 48.7 Å². The summed E-state index contributed by atoms with van der Waals surface area (Å²) in [6.45, 7) is -0.887. The smallest absolute Gasteiger partial charge is 0.323 e. The van der Waals surface area contributed by atoms with Crippen molar-refractivity contribution in [1.29, 1.82) is 10.8 Å². The first-order valence-electron chi connectivity index (χ1n) is 12.2. The molecule has 4 amide bonds. The fourth-order valence-corrected chi connectivity index (χ4v) is 4.12. The van der Waals surface area contributed by atoms with E-state index in [0.29, 0.717) is 16.7 Å². The van der Waals surface area contributed by atoms with E-state index in [0.717, 1.165) is 4.90 Å². The largest absolute Gasteiger partial charge is 0.480 e. The molecular formula is C26H30N8O6. The van der Waals surface area contributed by atoms with E-state index in [1.54, 1.807) is 0 Å². The van der Waals surface area contributed by atoms with Gasteiger partial charge in [0.25, 0.3) is 11.8 Å². The molecule has 0 saturated carbocycles. The number of rotatable bonds is 11. The molecule has 9 N–H and O–H groups in total. The summed E-state index contributed by atoms with van der Waals surface area (Å²) in [6.07, 6.45) is 0.0123. The molecule has 1 fully saturated rings. The maximum absolute atomic E-state index is 13.1. The molecule has 2 aromatic carbocycles. The third kappa shape index (κ3) is 7.40. The molecular weight excluding hydrogens is 520 g/mol. The summed E-state index contributed by atoms with van der Waals surface area (Å²) in [7, 11) is 0. The number of amides is 4. The van der Waals surface area contributed by atoms with Crippen LogP contribution in [0.2, 0.25) is 0 Å². The molecule has 1 atom stereocenters. The van der Waals surface area contributed by atoms with Crippen LogP contribution < -0.4 is 22.1 Å². The first-order chi connectivity index (χ1) is 19.0. The minimum absolute atomic E-state index is 0.00266. The van der Waals surface area contributed by atoms with Gasteiger partial charge in [-0.3, -0.25) is 34.8 Å². The van der Waals surface area contributed by atoms with Gasteiger partial charge < -0.3 is 37.0 Å². The van der Waals surface area contributed by atoms with E-state index in [1.165, 1.54) is 53.4 Å². The molecule has 40 heavy (non-hydrogen) atoms. The Kier molecular flexibility index (Phi) is 9.52. The number of benzene rings is 2. The van der Waals surface area contributed by atoms with Crippen LogP contribution in [-0.2, 0) is 14.4 Å². The fraction of sp³-hybridized carbons (Fsp3) is 0.269. The topological polar surface area (TPSA) is 236 Å². The number of nitrogens with two attached hydrogens (primary N) is 2. The van der Waals surface area contributed by atoms with E-state index in [9.17, 15) is 24.0 Å². The molecule has 2 aromatic rings. The van der Waals surface area contributed by atoms with E-state index in [4.69, 9.17) is 27.4 Å². The van der Waals surface area contributed by atoms with E-state index >= 15 is 0 Å². The van der Waals surface area contributed by atoms with Crippen molar-refractivity contribution in [3.8, 4) is 0 Å². The molecule has 210 valence electrons. The van der Waals surface area contributed by atoms with E-state index in [-0.39, 0.29) is 43.3 Å². The molecule has 3 rings (SSSR count). The van der Waals surface area contributed by atoms with Gasteiger partial charge in [0, 0.05) is 41.9 Å². The van der Waals surface area contributed by atoms with Gasteiger partial charge in [0.2, 0.25) is 11.8 Å². The van der Waals surface area contributed by atoms with Crippen molar-refractivity contribution in [3.05, 3.63) is 70.8 Å². The molecule has 0 unspecified atom stereocenters. The lowest BCUT2D eigenvalue weighted by atomic mass is 10.1. The predicted molar refractivity (Wildman–Crippen MR) is 144 cm³/mol. The molecule has 0 radical (unpaired) electrons. The molecule has 1 aliphatic rings. The zero-order valence-corrected chi connectivity index (χ0v) is 21.5. The Morgan fingerprint density at radius 3 is 1.77 bits per heavy atom. The predicted octanol–water partition coefficient (Wildman–Crippen LogP) is -1.07. The van der Waals surface area contributed by atoms with Gasteiger partial charge in [0.05, 0.1) is 6.54 Å². The molecule has 0 spiro atoms. The summed E-state index contributed by atoms with van der Waals surface area (Å²) < 4.78 is 0. The Bertz CT molecular complexity index is 1330. The lowest BCUT2D eigenvalue weighted by Gasteiger charge is -2.40. The van der Waals surface area contributed by atoms with Crippen molar-refractivity contribution in [2.75, 3.05) is 32.7 Å². The molecule has 14 heteroatoms. The van der Waals surface area contributed by atoms with Crippen molar-refractivity contribution >= 4 is 41.3 Å². The van der Waals surface area contributed by atoms with Gasteiger partial charge in [-0.15, -0.1) is 0 Å². The van der Waals surface area contributed by atoms with Crippen LogP contribution in [0, 0.1) is 10.8 Å². The maximum Gasteiger partial charge on any atom is 0.323 e. The molecule has 14 nitrogen and oxygen atoms in total. The number of nitrogens with zero attached hydrogens (tertiary/aromatic N) is 2. The number of amidine groups is 2. The average molecular weight is 551 g/mol. The van der Waals surface area contributed by atoms with Crippen LogP contribution in [0.4, 0.5) is 0 Å². The second-order valence-electron chi connectivity index (χ2n) is 8.97. The Balaban J connectivity index is 1.64. The quantitative estimate of drug-likeness (QED) is 0.134. The van der Waals surface area contributed by atoms with Gasteiger partial charge in [-0.2, -0.15) is 0 Å². The number of carbonyl (C=O) groups excluding carboxylic acids is 4. The fourth-order valence-electron chi connectivity index (χ4n) is 4.12. The minimum Gasteiger partial charge on any atom is -0.480 e. The van der Waals surface area contributed by atoms with Crippen molar-refractivity contribution in [3.63, 3.8) is 0 Å². The summed E-state index contributed by atoms with van der Waals surface area (Å²) in [4.78, 5) is 64.8. The first kappa shape index (κ1) is 29.3. The Labute approximate surface area is 229 Å². The van der Waals surface area contributed by atoms with Crippen molar-refractivity contribution in [2.24, 2.45) is 11.5 Å². The van der Waals surface area contributed by atoms with Gasteiger partial charge >= 0.3 is 5.97 Å². The minimum atomic E-state index is -1.20. The highest BCUT2D eigenvalue weighted by atomic mass is 16.4. The van der Waals surface area contributed by atoms with Gasteiger partial charge in [-0.1, -0.05) is 24.3 Å². The third-order valence-corrected chi connectivity index (χ3v) is 6.25. The summed E-state index contributed by atoms with van der Waals surface area (Å²) in [5.74, 6) is -3.60. The molecule has 1 heterocycles. The zero-order valence-electron chi connectivity index (χ0n) is 21.5. The van der Waals surface area contributed by atoms with E-state index in [1.807, 2.05) is 0 Å². The van der Waals surface area contributed by atoms with Crippen LogP contribution in [0.3, 0.4) is 0 Å². The standard InChI is InChI=1S/C26H30N8O6/c27-22(28)15-1-5-17(6-2-15)24(38)31-10-9-19-26(40)33(14-21(36)37)11-12-34(19)20(35)13-32-25(39)18-7-3-16(4-8-18)23(29)30/h1-8,19H,9-14H2,(H3,27,28)(H3,29,30)(H,31,38)(H,32,39)(H,36,37)/t19-/m0/s1. The highest BCUT2D eigenvalue weighted by molar-refractivity contribution is 6.00. The number of piperazine rings is 1. The summed E-state index contributed by atoms with van der Waals surface area (Å²) in [6, 6.07) is 10.9. The number of nitrogens with one attached hydrogen (secondary N) is 4. The lowest BCUT2D eigenvalue weighted by Crippen LogP contribution is -2.61. The van der Waals surface area contributed by atoms with Gasteiger partial charge in [0.1, 0.15) is 24.3 Å². The van der Waals surface area contributed by atoms with E-state index in [2.05, 4.69) is 10.6 Å². The Morgan fingerprint density at radius 1 is 0.825 bits per heavy atom. The van der Waals surface area contributed by atoms with Crippen molar-refractivity contribution in [2.45, 2.75) is 12.5 Å². The Hall–Kier alpha value is -5.27. The number of carboxylic acid groups (broad SMARTS) is 1. The summed E-state index contributed by atoms with van der Waals surface area (Å²) >= 11 is 0. The second-order valence-corrected chi connectivity index (χ2v) is 8.97. The molecule has 0 aromatic heterocycles. The monoisotopic (exact) mass is 550 g/mol. The lowest BCUT2D eigenvalue weighted by molar-refractivity contribution is -0.155. The normalized spacial score (nSPS) is 14.8. The summed E-state index contributed by atoms with van der Waals surface area (Å²) in [5, 5.41) is 29.2. The van der Waals surface area contributed by atoms with Crippen molar-refractivity contribution < 1.29 is 29.1 Å². The SMILES string of the molecule is N=C(N)c1ccc(C(=O)NCC[C@H]2C(=O)N(CC(=O)O)CCN2C(=O)CNC(=O)c2ccc(C(=N)N)cc2)cc1. The van der Waals surface area contributed by atoms with Crippen LogP contribution in [0.1, 0.15) is 38.3 Å². The number of hydrogen-bond donors (Lipinski definition) is 7. The van der Waals surface area contributed by atoms with Gasteiger partial charge in [-0.25, -0.2) is 0 Å². The third-order valence-electron chi connectivity index (χ3n) is 6.25. The number of hydrogen-bond acceptors (Lipinski definition) is 7.